The van der Waals surface area contributed by atoms with Crippen LogP contribution < -0.4 is 0 Å². The number of halogens is 2. The van der Waals surface area contributed by atoms with Crippen LogP contribution >= 0.6 is 18.6 Å². The Hall–Kier alpha value is -0.276. The molecule has 0 radical (unpaired) electrons. The van der Waals surface area contributed by atoms with Crippen LogP contribution in [0.15, 0.2) is 23.8 Å². The van der Waals surface area contributed by atoms with Gasteiger partial charge in [-0.05, 0) is 30.0 Å². The van der Waals surface area contributed by atoms with Crippen molar-refractivity contribution >= 4 is 30.6 Å². The van der Waals surface area contributed by atoms with Gasteiger partial charge < -0.3 is 10.1 Å². The number of fused-ring (bicyclic) bond motifs is 1. The van der Waals surface area contributed by atoms with Gasteiger partial charge in [0.2, 0.25) is 0 Å². The number of carbonyl (C=O) groups is 1. The van der Waals surface area contributed by atoms with Crippen LogP contribution in [0, 0.1) is 0 Å². The molecule has 5 heteroatoms. The van der Waals surface area contributed by atoms with E-state index in [2.05, 4.69) is 24.4 Å². The Balaban J connectivity index is 0.000000492. The summed E-state index contributed by atoms with van der Waals surface area (Å²) >= 11 is -0.556. The molecule has 1 aliphatic carbocycles. The minimum absolute atomic E-state index is 0.0543. The summed E-state index contributed by atoms with van der Waals surface area (Å²) in [5.74, 6) is -0.0543. The summed E-state index contributed by atoms with van der Waals surface area (Å²) in [5.41, 5.74) is 5.01. The molecule has 0 N–H and O–H groups in total. The van der Waals surface area contributed by atoms with Gasteiger partial charge in [0.1, 0.15) is 0 Å². The Morgan fingerprint density at radius 1 is 1.44 bits per heavy atom. The summed E-state index contributed by atoms with van der Waals surface area (Å²) in [7, 11) is 11.3. The molecular formula is C13H14Cl2NOTi-. The first kappa shape index (κ1) is 15.8. The fourth-order valence-corrected chi connectivity index (χ4v) is 2.00. The summed E-state index contributed by atoms with van der Waals surface area (Å²) in [6.07, 6.45) is 3.61. The maximum atomic E-state index is 11.3. The molecule has 1 amide bonds. The normalized spacial score (nSPS) is 11.9. The van der Waals surface area contributed by atoms with Gasteiger partial charge in [0.05, 0.1) is 5.91 Å². The Labute approximate surface area is 124 Å². The molecule has 0 atom stereocenters. The fraction of sp³-hybridized carbons (Fsp3) is 0.308. The van der Waals surface area contributed by atoms with Crippen LogP contribution in [0.3, 0.4) is 0 Å². The van der Waals surface area contributed by atoms with Crippen LogP contribution in [0.1, 0.15) is 23.6 Å². The molecule has 0 spiro atoms. The Bertz CT molecular complexity index is 460. The van der Waals surface area contributed by atoms with Crippen molar-refractivity contribution in [3.63, 3.8) is 0 Å². The van der Waals surface area contributed by atoms with E-state index in [4.69, 9.17) is 18.6 Å². The molecule has 0 unspecified atom stereocenters. The van der Waals surface area contributed by atoms with Crippen molar-refractivity contribution in [2.24, 2.45) is 0 Å². The van der Waals surface area contributed by atoms with E-state index in [-0.39, 0.29) is 5.91 Å². The molecule has 0 aliphatic heterocycles. The predicted octanol–water partition coefficient (Wildman–Crippen LogP) is 4.10. The van der Waals surface area contributed by atoms with Gasteiger partial charge in [0, 0.05) is 6.42 Å². The topological polar surface area (TPSA) is 31.2 Å². The summed E-state index contributed by atoms with van der Waals surface area (Å²) in [5, 5.41) is 3.67. The first-order valence-electron chi connectivity index (χ1n) is 5.49. The maximum absolute atomic E-state index is 11.3. The van der Waals surface area contributed by atoms with Gasteiger partial charge in [-0.15, -0.1) is 7.05 Å². The van der Waals surface area contributed by atoms with E-state index in [1.165, 1.54) is 16.7 Å². The first-order chi connectivity index (χ1) is 8.62. The third kappa shape index (κ3) is 4.44. The average molecular weight is 319 g/mol. The third-order valence-corrected chi connectivity index (χ3v) is 2.74. The number of rotatable bonds is 2. The average Bonchev–Trinajstić information content (AvgIpc) is 2.71. The molecule has 18 heavy (non-hydrogen) atoms. The zero-order chi connectivity index (χ0) is 13.5. The first-order valence-corrected chi connectivity index (χ1v) is 9.79. The molecule has 1 aliphatic rings. The summed E-state index contributed by atoms with van der Waals surface area (Å²) in [4.78, 5) is 11.3. The van der Waals surface area contributed by atoms with Gasteiger partial charge in [0.15, 0.2) is 0 Å². The van der Waals surface area contributed by atoms with Crippen molar-refractivity contribution in [2.75, 3.05) is 7.05 Å². The van der Waals surface area contributed by atoms with E-state index >= 15 is 0 Å². The van der Waals surface area contributed by atoms with E-state index in [1.807, 2.05) is 12.1 Å². The fourth-order valence-electron chi connectivity index (χ4n) is 2.00. The molecule has 1 aromatic carbocycles. The zero-order valence-electron chi connectivity index (χ0n) is 10.3. The standard InChI is InChI=1S/C13H15NO.2ClH.Ti/c1-9-6-10-4-3-5-11(12(10)7-9)8-13(15)14-2;;;/h3-5,7H,6,8H2,1-2H3,(H,14,15);2*1H;/q;;;+2/p-3. The van der Waals surface area contributed by atoms with Crippen molar-refractivity contribution in [3.05, 3.63) is 45.8 Å². The number of hydrogen-bond acceptors (Lipinski definition) is 1. The van der Waals surface area contributed by atoms with Crippen LogP contribution in [-0.2, 0) is 34.7 Å². The summed E-state index contributed by atoms with van der Waals surface area (Å²) in [6.45, 7) is 2.12. The Morgan fingerprint density at radius 3 is 2.72 bits per heavy atom. The number of carbonyl (C=O) groups excluding carboxylic acids is 1. The van der Waals surface area contributed by atoms with Gasteiger partial charge in [-0.2, -0.15) is 0 Å². The quantitative estimate of drug-likeness (QED) is 0.755. The van der Waals surface area contributed by atoms with Gasteiger partial charge in [-0.3, -0.25) is 0 Å². The summed E-state index contributed by atoms with van der Waals surface area (Å²) < 4.78 is 0. The van der Waals surface area contributed by atoms with Crippen LogP contribution in [0.5, 0.6) is 0 Å². The van der Waals surface area contributed by atoms with E-state index in [0.717, 1.165) is 12.0 Å². The van der Waals surface area contributed by atoms with Crippen molar-refractivity contribution in [1.29, 1.82) is 0 Å². The number of benzene rings is 1. The van der Waals surface area contributed by atoms with Crippen LogP contribution in [0.25, 0.3) is 11.4 Å². The second kappa shape index (κ2) is 8.01. The molecule has 0 fully saturated rings. The van der Waals surface area contributed by atoms with Gasteiger partial charge in [0.25, 0.3) is 0 Å². The Kier molecular flexibility index (Phi) is 7.02. The number of amides is 1. The Morgan fingerprint density at radius 2 is 2.11 bits per heavy atom. The monoisotopic (exact) mass is 318 g/mol. The molecule has 0 aromatic heterocycles. The molecule has 0 saturated carbocycles. The number of likely N-dealkylation sites (N-methyl/N-ethyl adjacent to an activating group) is 1. The number of hydrogen-bond donors (Lipinski definition) is 0. The van der Waals surface area contributed by atoms with Gasteiger partial charge in [-0.25, -0.2) is 0 Å². The van der Waals surface area contributed by atoms with Crippen LogP contribution in [-0.4, -0.2) is 13.0 Å². The van der Waals surface area contributed by atoms with Gasteiger partial charge in [-0.1, -0.05) is 29.8 Å². The van der Waals surface area contributed by atoms with Crippen molar-refractivity contribution in [3.8, 4) is 0 Å². The van der Waals surface area contributed by atoms with E-state index in [1.54, 1.807) is 7.05 Å². The van der Waals surface area contributed by atoms with Crippen LogP contribution in [0.4, 0.5) is 0 Å². The summed E-state index contributed by atoms with van der Waals surface area (Å²) in [6, 6.07) is 6.15. The molecule has 0 saturated heterocycles. The second-order valence-electron chi connectivity index (χ2n) is 4.02. The van der Waals surface area contributed by atoms with Crippen molar-refractivity contribution in [1.82, 2.24) is 0 Å². The molecule has 0 heterocycles. The zero-order valence-corrected chi connectivity index (χ0v) is 13.4. The van der Waals surface area contributed by atoms with E-state index in [0.29, 0.717) is 6.42 Å². The van der Waals surface area contributed by atoms with Gasteiger partial charge >= 0.3 is 35.6 Å². The van der Waals surface area contributed by atoms with E-state index < -0.39 is 17.0 Å². The molecule has 1 aromatic rings. The van der Waals surface area contributed by atoms with E-state index in [9.17, 15) is 4.79 Å². The predicted molar refractivity (Wildman–Crippen MR) is 73.5 cm³/mol. The number of nitrogens with zero attached hydrogens (tertiary/aromatic N) is 1. The van der Waals surface area contributed by atoms with Crippen molar-refractivity contribution < 1.29 is 21.8 Å². The minimum atomic E-state index is -0.556. The molecule has 2 nitrogen and oxygen atoms in total. The van der Waals surface area contributed by atoms with Crippen molar-refractivity contribution in [2.45, 2.75) is 19.8 Å². The molecule has 2 rings (SSSR count). The second-order valence-corrected chi connectivity index (χ2v) is 6.60. The molecular weight excluding hydrogens is 305 g/mol. The molecule has 96 valence electrons. The van der Waals surface area contributed by atoms with Crippen LogP contribution in [0.2, 0.25) is 0 Å². The SMILES string of the molecule is C[N-]C(=O)Cc1cccc2c1C=C(C)C2.[Cl][Ti][Cl]. The third-order valence-electron chi connectivity index (χ3n) is 2.74. The molecule has 0 bridgehead atoms. The number of allylic oxidation sites excluding steroid dienone is 1.